The van der Waals surface area contributed by atoms with E-state index < -0.39 is 11.8 Å². The van der Waals surface area contributed by atoms with Crippen LogP contribution in [0.25, 0.3) is 0 Å². The van der Waals surface area contributed by atoms with E-state index in [4.69, 9.17) is 5.11 Å². The van der Waals surface area contributed by atoms with Gasteiger partial charge in [-0.3, -0.25) is 0 Å². The molecule has 108 valence electrons. The minimum atomic E-state index is -0.491. The zero-order valence-electron chi connectivity index (χ0n) is 11.0. The number of carbonyl (C=O) groups is 1. The maximum absolute atomic E-state index is 13.4. The van der Waals surface area contributed by atoms with Crippen molar-refractivity contribution in [2.45, 2.75) is 6.54 Å². The minimum Gasteiger partial charge on any atom is -0.384 e. The monoisotopic (exact) mass is 304 g/mol. The van der Waals surface area contributed by atoms with Crippen LogP contribution in [0.5, 0.6) is 0 Å². The standard InChI is InChI=1S/C15H13FN2O2S/c16-12-5-1-2-6-13(12)18-15(20)17-10-14-11(4-3-8-19)7-9-21-14/h1-2,5-7,9,19H,8,10H2,(H2,17,18,20). The number of amides is 2. The number of para-hydroxylation sites is 1. The molecule has 1 heterocycles. The van der Waals surface area contributed by atoms with E-state index in [9.17, 15) is 9.18 Å². The SMILES string of the molecule is O=C(NCc1sccc1C#CCO)Nc1ccccc1F. The fourth-order valence-electron chi connectivity index (χ4n) is 1.61. The number of thiophene rings is 1. The van der Waals surface area contributed by atoms with Crippen LogP contribution in [0, 0.1) is 17.7 Å². The molecular formula is C15H13FN2O2S. The van der Waals surface area contributed by atoms with Gasteiger partial charge >= 0.3 is 6.03 Å². The van der Waals surface area contributed by atoms with Gasteiger partial charge in [-0.15, -0.1) is 11.3 Å². The molecule has 21 heavy (non-hydrogen) atoms. The average Bonchev–Trinajstić information content (AvgIpc) is 2.93. The number of urea groups is 1. The lowest BCUT2D eigenvalue weighted by molar-refractivity contribution is 0.251. The molecule has 2 rings (SSSR count). The predicted octanol–water partition coefficient (Wildman–Crippen LogP) is 2.55. The third kappa shape index (κ3) is 4.31. The molecule has 0 aliphatic rings. The Labute approximate surface area is 125 Å². The maximum atomic E-state index is 13.4. The van der Waals surface area contributed by atoms with Gasteiger partial charge in [-0.1, -0.05) is 24.0 Å². The quantitative estimate of drug-likeness (QED) is 0.763. The van der Waals surface area contributed by atoms with Crippen LogP contribution >= 0.6 is 11.3 Å². The van der Waals surface area contributed by atoms with Crippen molar-refractivity contribution in [1.82, 2.24) is 5.32 Å². The second-order valence-corrected chi connectivity index (χ2v) is 5.01. The lowest BCUT2D eigenvalue weighted by Crippen LogP contribution is -2.28. The summed E-state index contributed by atoms with van der Waals surface area (Å²) in [5, 5.41) is 15.6. The van der Waals surface area contributed by atoms with Crippen LogP contribution in [0.1, 0.15) is 10.4 Å². The summed E-state index contributed by atoms with van der Waals surface area (Å²) in [6, 6.07) is 7.28. The Morgan fingerprint density at radius 1 is 1.33 bits per heavy atom. The normalized spacial score (nSPS) is 9.62. The van der Waals surface area contributed by atoms with Crippen LogP contribution < -0.4 is 10.6 Å². The number of rotatable bonds is 3. The summed E-state index contributed by atoms with van der Waals surface area (Å²) in [4.78, 5) is 12.6. The molecule has 2 aromatic rings. The Morgan fingerprint density at radius 2 is 2.14 bits per heavy atom. The van der Waals surface area contributed by atoms with E-state index in [0.717, 1.165) is 10.4 Å². The number of halogens is 1. The van der Waals surface area contributed by atoms with Gasteiger partial charge in [0.25, 0.3) is 0 Å². The molecule has 2 amide bonds. The summed E-state index contributed by atoms with van der Waals surface area (Å²) in [5.74, 6) is 4.88. The van der Waals surface area contributed by atoms with Crippen LogP contribution in [0.4, 0.5) is 14.9 Å². The Bertz CT molecular complexity index is 688. The highest BCUT2D eigenvalue weighted by atomic mass is 32.1. The Balaban J connectivity index is 1.93. The molecule has 3 N–H and O–H groups in total. The van der Waals surface area contributed by atoms with E-state index in [1.165, 1.54) is 23.5 Å². The highest BCUT2D eigenvalue weighted by molar-refractivity contribution is 7.10. The topological polar surface area (TPSA) is 61.4 Å². The Kier molecular flexibility index (Phi) is 5.32. The average molecular weight is 304 g/mol. The van der Waals surface area contributed by atoms with Crippen molar-refractivity contribution in [3.8, 4) is 11.8 Å². The first-order chi connectivity index (χ1) is 10.2. The zero-order valence-corrected chi connectivity index (χ0v) is 11.8. The maximum Gasteiger partial charge on any atom is 0.319 e. The van der Waals surface area contributed by atoms with E-state index >= 15 is 0 Å². The van der Waals surface area contributed by atoms with Gasteiger partial charge in [0, 0.05) is 10.4 Å². The number of nitrogens with one attached hydrogen (secondary N) is 2. The number of hydrogen-bond acceptors (Lipinski definition) is 3. The first-order valence-corrected chi connectivity index (χ1v) is 7.04. The molecule has 0 saturated carbocycles. The van der Waals surface area contributed by atoms with Crippen LogP contribution in [-0.2, 0) is 6.54 Å². The van der Waals surface area contributed by atoms with Crippen molar-refractivity contribution in [1.29, 1.82) is 0 Å². The van der Waals surface area contributed by atoms with Crippen LogP contribution in [0.2, 0.25) is 0 Å². The molecule has 0 unspecified atom stereocenters. The Hall–Kier alpha value is -2.36. The van der Waals surface area contributed by atoms with Gasteiger partial charge in [-0.2, -0.15) is 0 Å². The summed E-state index contributed by atoms with van der Waals surface area (Å²) >= 11 is 1.45. The van der Waals surface area contributed by atoms with Crippen molar-refractivity contribution < 1.29 is 14.3 Å². The predicted molar refractivity (Wildman–Crippen MR) is 80.5 cm³/mol. The molecule has 0 atom stereocenters. The third-order valence-corrected chi connectivity index (χ3v) is 3.50. The smallest absolute Gasteiger partial charge is 0.319 e. The largest absolute Gasteiger partial charge is 0.384 e. The summed E-state index contributed by atoms with van der Waals surface area (Å²) in [7, 11) is 0. The summed E-state index contributed by atoms with van der Waals surface area (Å²) < 4.78 is 13.4. The molecule has 0 aliphatic heterocycles. The van der Waals surface area contributed by atoms with Crippen molar-refractivity contribution >= 4 is 23.1 Å². The van der Waals surface area contributed by atoms with E-state index in [0.29, 0.717) is 0 Å². The first-order valence-electron chi connectivity index (χ1n) is 6.16. The highest BCUT2D eigenvalue weighted by Crippen LogP contribution is 2.16. The van der Waals surface area contributed by atoms with Crippen molar-refractivity contribution in [2.75, 3.05) is 11.9 Å². The molecule has 0 radical (unpaired) electrons. The minimum absolute atomic E-state index is 0.126. The van der Waals surface area contributed by atoms with Gasteiger partial charge in [0.15, 0.2) is 0 Å². The van der Waals surface area contributed by atoms with Crippen molar-refractivity contribution in [3.63, 3.8) is 0 Å². The third-order valence-electron chi connectivity index (χ3n) is 2.58. The number of carbonyl (C=O) groups excluding carboxylic acids is 1. The molecule has 0 saturated heterocycles. The molecule has 0 fully saturated rings. The van der Waals surface area contributed by atoms with E-state index in [1.807, 2.05) is 11.4 Å². The van der Waals surface area contributed by atoms with Gasteiger partial charge in [-0.25, -0.2) is 9.18 Å². The molecule has 0 bridgehead atoms. The van der Waals surface area contributed by atoms with E-state index in [2.05, 4.69) is 22.5 Å². The number of aliphatic hydroxyl groups is 1. The zero-order chi connectivity index (χ0) is 15.1. The molecule has 0 aliphatic carbocycles. The van der Waals surface area contributed by atoms with Gasteiger partial charge in [0.05, 0.1) is 12.2 Å². The number of hydrogen-bond donors (Lipinski definition) is 3. The fraction of sp³-hybridized carbons (Fsp3) is 0.133. The van der Waals surface area contributed by atoms with E-state index in [1.54, 1.807) is 12.1 Å². The van der Waals surface area contributed by atoms with Gasteiger partial charge in [-0.05, 0) is 23.6 Å². The second kappa shape index (κ2) is 7.43. The van der Waals surface area contributed by atoms with Crippen molar-refractivity contribution in [2.24, 2.45) is 0 Å². The summed E-state index contributed by atoms with van der Waals surface area (Å²) in [6.45, 7) is 0.0733. The van der Waals surface area contributed by atoms with Gasteiger partial charge in [0.2, 0.25) is 0 Å². The van der Waals surface area contributed by atoms with Crippen molar-refractivity contribution in [3.05, 3.63) is 52.0 Å². The van der Waals surface area contributed by atoms with Gasteiger partial charge in [0.1, 0.15) is 12.4 Å². The number of anilines is 1. The van der Waals surface area contributed by atoms with Gasteiger partial charge < -0.3 is 15.7 Å². The first kappa shape index (κ1) is 15.0. The molecule has 1 aromatic heterocycles. The molecule has 1 aromatic carbocycles. The van der Waals surface area contributed by atoms with Crippen LogP contribution in [0.3, 0.4) is 0 Å². The van der Waals surface area contributed by atoms with Crippen LogP contribution in [0.15, 0.2) is 35.7 Å². The highest BCUT2D eigenvalue weighted by Gasteiger charge is 2.07. The lowest BCUT2D eigenvalue weighted by atomic mass is 10.2. The molecule has 6 heteroatoms. The molecular weight excluding hydrogens is 291 g/mol. The number of aliphatic hydroxyl groups excluding tert-OH is 1. The summed E-state index contributed by atoms with van der Waals surface area (Å²) in [6.07, 6.45) is 0. The Morgan fingerprint density at radius 3 is 2.90 bits per heavy atom. The lowest BCUT2D eigenvalue weighted by Gasteiger charge is -2.07. The molecule has 4 nitrogen and oxygen atoms in total. The summed E-state index contributed by atoms with van der Waals surface area (Å²) in [5.41, 5.74) is 0.890. The fourth-order valence-corrected chi connectivity index (χ4v) is 2.38. The van der Waals surface area contributed by atoms with E-state index in [-0.39, 0.29) is 18.8 Å². The van der Waals surface area contributed by atoms with Crippen LogP contribution in [-0.4, -0.2) is 17.7 Å². The molecule has 0 spiro atoms. The second-order valence-electron chi connectivity index (χ2n) is 4.00. The number of benzene rings is 1.